The fourth-order valence-corrected chi connectivity index (χ4v) is 4.39. The molecule has 3 amide bonds. The summed E-state index contributed by atoms with van der Waals surface area (Å²) in [6.45, 7) is 6.48. The third kappa shape index (κ3) is 5.94. The lowest BCUT2D eigenvalue weighted by Gasteiger charge is -2.34. The van der Waals surface area contributed by atoms with Crippen molar-refractivity contribution in [1.82, 2.24) is 15.1 Å². The lowest BCUT2D eigenvalue weighted by Crippen LogP contribution is -2.51. The second kappa shape index (κ2) is 11.2. The average Bonchev–Trinajstić information content (AvgIpc) is 3.26. The van der Waals surface area contributed by atoms with E-state index in [1.807, 2.05) is 66.4 Å². The summed E-state index contributed by atoms with van der Waals surface area (Å²) >= 11 is 0. The summed E-state index contributed by atoms with van der Waals surface area (Å²) in [5, 5.41) is 2.98. The van der Waals surface area contributed by atoms with Gasteiger partial charge in [-0.05, 0) is 30.7 Å². The second-order valence-corrected chi connectivity index (χ2v) is 8.81. The van der Waals surface area contributed by atoms with Gasteiger partial charge in [0, 0.05) is 57.9 Å². The van der Waals surface area contributed by atoms with Gasteiger partial charge in [0.1, 0.15) is 5.75 Å². The van der Waals surface area contributed by atoms with E-state index >= 15 is 0 Å². The molecule has 2 aliphatic heterocycles. The molecule has 0 radical (unpaired) electrons. The molecule has 0 aliphatic carbocycles. The van der Waals surface area contributed by atoms with E-state index in [0.717, 1.165) is 36.6 Å². The molecule has 0 aromatic heterocycles. The van der Waals surface area contributed by atoms with Gasteiger partial charge in [-0.2, -0.15) is 0 Å². The standard InChI is InChI=1S/C26H32N4O4/c1-20-7-5-6-10-23(20)34-19-25(32)29-15-13-28(14-16-29)12-11-27-26(33)21-17-24(31)30(18-21)22-8-3-2-4-9-22/h2-10,21H,11-19H2,1H3,(H,27,33). The van der Waals surface area contributed by atoms with E-state index in [4.69, 9.17) is 4.74 Å². The molecule has 180 valence electrons. The first kappa shape index (κ1) is 23.8. The van der Waals surface area contributed by atoms with Crippen molar-refractivity contribution >= 4 is 23.4 Å². The number of nitrogens with one attached hydrogen (secondary N) is 1. The van der Waals surface area contributed by atoms with Gasteiger partial charge in [-0.1, -0.05) is 36.4 Å². The monoisotopic (exact) mass is 464 g/mol. The van der Waals surface area contributed by atoms with Crippen LogP contribution in [0.5, 0.6) is 5.75 Å². The highest BCUT2D eigenvalue weighted by molar-refractivity contribution is 6.00. The van der Waals surface area contributed by atoms with E-state index in [2.05, 4.69) is 10.2 Å². The molecule has 0 saturated carbocycles. The van der Waals surface area contributed by atoms with Crippen LogP contribution in [0.25, 0.3) is 0 Å². The maximum Gasteiger partial charge on any atom is 0.260 e. The van der Waals surface area contributed by atoms with Gasteiger partial charge >= 0.3 is 0 Å². The normalized spacial score (nSPS) is 18.7. The molecule has 1 atom stereocenters. The number of hydrogen-bond acceptors (Lipinski definition) is 5. The van der Waals surface area contributed by atoms with Crippen LogP contribution in [-0.4, -0.2) is 79.9 Å². The summed E-state index contributed by atoms with van der Waals surface area (Å²) in [5.41, 5.74) is 1.84. The molecule has 0 spiro atoms. The molecular weight excluding hydrogens is 432 g/mol. The van der Waals surface area contributed by atoms with E-state index in [0.29, 0.717) is 26.2 Å². The van der Waals surface area contributed by atoms with Gasteiger partial charge in [0.05, 0.1) is 5.92 Å². The number of benzene rings is 2. The predicted octanol–water partition coefficient (Wildman–Crippen LogP) is 1.69. The molecule has 34 heavy (non-hydrogen) atoms. The summed E-state index contributed by atoms with van der Waals surface area (Å²) in [6.07, 6.45) is 0.242. The Balaban J connectivity index is 1.14. The molecule has 0 bridgehead atoms. The molecule has 2 aliphatic rings. The third-order valence-electron chi connectivity index (χ3n) is 6.46. The highest BCUT2D eigenvalue weighted by Crippen LogP contribution is 2.24. The van der Waals surface area contributed by atoms with Crippen LogP contribution in [0.15, 0.2) is 54.6 Å². The Bertz CT molecular complexity index is 1000. The van der Waals surface area contributed by atoms with Crippen LogP contribution in [0, 0.1) is 12.8 Å². The molecule has 2 fully saturated rings. The molecule has 1 N–H and O–H groups in total. The van der Waals surface area contributed by atoms with Crippen molar-refractivity contribution in [1.29, 1.82) is 0 Å². The highest BCUT2D eigenvalue weighted by atomic mass is 16.5. The van der Waals surface area contributed by atoms with Crippen LogP contribution in [0.4, 0.5) is 5.69 Å². The zero-order valence-electron chi connectivity index (χ0n) is 19.6. The van der Waals surface area contributed by atoms with E-state index in [-0.39, 0.29) is 36.7 Å². The van der Waals surface area contributed by atoms with Crippen LogP contribution in [0.3, 0.4) is 0 Å². The Labute approximate surface area is 200 Å². The Morgan fingerprint density at radius 3 is 2.44 bits per heavy atom. The van der Waals surface area contributed by atoms with Crippen molar-refractivity contribution in [3.63, 3.8) is 0 Å². The molecule has 8 heteroatoms. The van der Waals surface area contributed by atoms with E-state index in [1.54, 1.807) is 4.90 Å². The van der Waals surface area contributed by atoms with Gasteiger partial charge in [0.15, 0.2) is 6.61 Å². The molecule has 8 nitrogen and oxygen atoms in total. The zero-order chi connectivity index (χ0) is 23.9. The first-order chi connectivity index (χ1) is 16.5. The minimum atomic E-state index is -0.324. The predicted molar refractivity (Wildman–Crippen MR) is 130 cm³/mol. The smallest absolute Gasteiger partial charge is 0.260 e. The number of hydrogen-bond donors (Lipinski definition) is 1. The third-order valence-corrected chi connectivity index (χ3v) is 6.46. The molecule has 1 unspecified atom stereocenters. The number of nitrogens with zero attached hydrogens (tertiary/aromatic N) is 3. The summed E-state index contributed by atoms with van der Waals surface area (Å²) in [5.74, 6) is 0.314. The Kier molecular flexibility index (Phi) is 7.80. The molecule has 2 saturated heterocycles. The van der Waals surface area contributed by atoms with Crippen LogP contribution in [-0.2, 0) is 14.4 Å². The summed E-state index contributed by atoms with van der Waals surface area (Å²) in [7, 11) is 0. The van der Waals surface area contributed by atoms with E-state index in [9.17, 15) is 14.4 Å². The number of carbonyl (C=O) groups excluding carboxylic acids is 3. The molecule has 2 aromatic carbocycles. The fraction of sp³-hybridized carbons (Fsp3) is 0.423. The maximum atomic E-state index is 12.6. The van der Waals surface area contributed by atoms with Gasteiger partial charge in [-0.25, -0.2) is 0 Å². The Morgan fingerprint density at radius 1 is 1.00 bits per heavy atom. The molecule has 2 aromatic rings. The lowest BCUT2D eigenvalue weighted by molar-refractivity contribution is -0.135. The average molecular weight is 465 g/mol. The minimum absolute atomic E-state index is 0.00919. The number of carbonyl (C=O) groups is 3. The van der Waals surface area contributed by atoms with Gasteiger partial charge in [-0.15, -0.1) is 0 Å². The van der Waals surface area contributed by atoms with E-state index < -0.39 is 0 Å². The van der Waals surface area contributed by atoms with E-state index in [1.165, 1.54) is 0 Å². The van der Waals surface area contributed by atoms with Gasteiger partial charge < -0.3 is 19.9 Å². The molecule has 2 heterocycles. The quantitative estimate of drug-likeness (QED) is 0.643. The number of piperazine rings is 1. The highest BCUT2D eigenvalue weighted by Gasteiger charge is 2.35. The van der Waals surface area contributed by atoms with Gasteiger partial charge in [0.2, 0.25) is 11.8 Å². The second-order valence-electron chi connectivity index (χ2n) is 8.81. The summed E-state index contributed by atoms with van der Waals surface area (Å²) < 4.78 is 5.68. The Hall–Kier alpha value is -3.39. The first-order valence-electron chi connectivity index (χ1n) is 11.8. The molecule has 4 rings (SSSR count). The van der Waals surface area contributed by atoms with Crippen molar-refractivity contribution in [2.75, 3.05) is 57.3 Å². The summed E-state index contributed by atoms with van der Waals surface area (Å²) in [6, 6.07) is 17.1. The van der Waals surface area contributed by atoms with Gasteiger partial charge in [-0.3, -0.25) is 19.3 Å². The summed E-state index contributed by atoms with van der Waals surface area (Å²) in [4.78, 5) is 43.2. The molecular formula is C26H32N4O4. The van der Waals surface area contributed by atoms with Crippen molar-refractivity contribution < 1.29 is 19.1 Å². The van der Waals surface area contributed by atoms with Crippen LogP contribution >= 0.6 is 0 Å². The number of amides is 3. The first-order valence-corrected chi connectivity index (χ1v) is 11.8. The number of anilines is 1. The van der Waals surface area contributed by atoms with Crippen molar-refractivity contribution in [3.8, 4) is 5.75 Å². The number of rotatable bonds is 8. The topological polar surface area (TPSA) is 82.2 Å². The van der Waals surface area contributed by atoms with Crippen molar-refractivity contribution in [2.45, 2.75) is 13.3 Å². The van der Waals surface area contributed by atoms with Crippen LogP contribution in [0.1, 0.15) is 12.0 Å². The van der Waals surface area contributed by atoms with Gasteiger partial charge in [0.25, 0.3) is 5.91 Å². The number of aryl methyl sites for hydroxylation is 1. The fourth-order valence-electron chi connectivity index (χ4n) is 4.39. The zero-order valence-corrected chi connectivity index (χ0v) is 19.6. The Morgan fingerprint density at radius 2 is 1.71 bits per heavy atom. The largest absolute Gasteiger partial charge is 0.484 e. The van der Waals surface area contributed by atoms with Crippen molar-refractivity contribution in [2.24, 2.45) is 5.92 Å². The lowest BCUT2D eigenvalue weighted by atomic mass is 10.1. The van der Waals surface area contributed by atoms with Crippen LogP contribution < -0.4 is 15.0 Å². The SMILES string of the molecule is Cc1ccccc1OCC(=O)N1CCN(CCNC(=O)C2CC(=O)N(c3ccccc3)C2)CC1. The number of para-hydroxylation sites is 2. The van der Waals surface area contributed by atoms with Crippen molar-refractivity contribution in [3.05, 3.63) is 60.2 Å². The van der Waals surface area contributed by atoms with Crippen LogP contribution in [0.2, 0.25) is 0 Å². The minimum Gasteiger partial charge on any atom is -0.484 e. The maximum absolute atomic E-state index is 12.6. The number of ether oxygens (including phenoxy) is 1.